The summed E-state index contributed by atoms with van der Waals surface area (Å²) < 4.78 is 36.9. The molecule has 0 spiro atoms. The summed E-state index contributed by atoms with van der Waals surface area (Å²) in [7, 11) is -3.10. The predicted octanol–water partition coefficient (Wildman–Crippen LogP) is 0.394. The molecule has 0 fully saturated rings. The predicted molar refractivity (Wildman–Crippen MR) is 72.9 cm³/mol. The smallest absolute Gasteiger partial charge is 0.316 e. The summed E-state index contributed by atoms with van der Waals surface area (Å²) in [6, 6.07) is 5.64. The largest absolute Gasteiger partial charge is 0.467 e. The van der Waals surface area contributed by atoms with Gasteiger partial charge in [0, 0.05) is 5.56 Å². The lowest BCUT2D eigenvalue weighted by molar-refractivity contribution is 0.356. The number of hydrogen-bond acceptors (Lipinski definition) is 7. The molecule has 1 atom stereocenters. The lowest BCUT2D eigenvalue weighted by Gasteiger charge is -2.27. The molecule has 2 rings (SSSR count). The molecule has 1 aromatic carbocycles. The van der Waals surface area contributed by atoms with E-state index in [0.717, 1.165) is 5.01 Å². The summed E-state index contributed by atoms with van der Waals surface area (Å²) in [4.78, 5) is 7.43. The van der Waals surface area contributed by atoms with Gasteiger partial charge < -0.3 is 4.74 Å². The van der Waals surface area contributed by atoms with Crippen LogP contribution in [0.25, 0.3) is 0 Å². The second-order valence-electron chi connectivity index (χ2n) is 3.74. The minimum Gasteiger partial charge on any atom is -0.467 e. The average Bonchev–Trinajstić information content (AvgIpc) is 2.40. The molecule has 1 aliphatic rings. The summed E-state index contributed by atoms with van der Waals surface area (Å²) in [5.74, 6) is 5.73. The van der Waals surface area contributed by atoms with Crippen molar-refractivity contribution in [2.75, 3.05) is 7.11 Å². The van der Waals surface area contributed by atoms with Crippen molar-refractivity contribution in [2.24, 2.45) is 15.8 Å². The first-order chi connectivity index (χ1) is 9.34. The van der Waals surface area contributed by atoms with Gasteiger partial charge in [-0.1, -0.05) is 23.7 Å². The van der Waals surface area contributed by atoms with Crippen LogP contribution in [0.15, 0.2) is 39.1 Å². The Hall–Kier alpha value is -1.68. The summed E-state index contributed by atoms with van der Waals surface area (Å²) in [6.45, 7) is 0. The molecular weight excluding hydrogens is 308 g/mol. The number of nitrogens with two attached hydrogens (primary N) is 1. The van der Waals surface area contributed by atoms with Gasteiger partial charge in [0.2, 0.25) is 5.62 Å². The molecule has 0 aliphatic carbocycles. The van der Waals surface area contributed by atoms with Crippen LogP contribution in [0.3, 0.4) is 0 Å². The third kappa shape index (κ3) is 2.75. The van der Waals surface area contributed by atoms with Gasteiger partial charge in [0.1, 0.15) is 4.90 Å². The number of hydrogen-bond donors (Lipinski definition) is 2. The zero-order valence-electron chi connectivity index (χ0n) is 10.3. The van der Waals surface area contributed by atoms with E-state index >= 15 is 0 Å². The number of benzene rings is 1. The molecule has 1 aliphatic heterocycles. The van der Waals surface area contributed by atoms with Crippen molar-refractivity contribution in [3.05, 3.63) is 29.8 Å². The first-order valence-corrected chi connectivity index (χ1v) is 7.17. The Bertz CT molecular complexity index is 688. The highest BCUT2D eigenvalue weighted by molar-refractivity contribution is 7.86. The Morgan fingerprint density at radius 2 is 2.10 bits per heavy atom. The first-order valence-electron chi connectivity index (χ1n) is 5.30. The lowest BCUT2D eigenvalue weighted by atomic mass is 10.2. The zero-order valence-corrected chi connectivity index (χ0v) is 11.8. The lowest BCUT2D eigenvalue weighted by Crippen LogP contribution is -2.46. The number of alkyl halides is 1. The van der Waals surface area contributed by atoms with Crippen LogP contribution in [-0.4, -0.2) is 42.6 Å². The molecule has 10 heteroatoms. The van der Waals surface area contributed by atoms with E-state index in [0.29, 0.717) is 0 Å². The molecule has 0 radical (unpaired) electrons. The maximum atomic E-state index is 11.4. The molecule has 0 amide bonds. The number of hydrazine groups is 1. The fourth-order valence-electron chi connectivity index (χ4n) is 1.61. The van der Waals surface area contributed by atoms with Crippen molar-refractivity contribution in [1.82, 2.24) is 5.01 Å². The number of nitrogens with zero attached hydrogens (tertiary/aromatic N) is 3. The van der Waals surface area contributed by atoms with E-state index in [1.807, 2.05) is 0 Å². The second kappa shape index (κ2) is 5.37. The highest BCUT2D eigenvalue weighted by Gasteiger charge is 2.28. The number of aliphatic imine (C=N–C) groups is 2. The molecule has 1 unspecified atom stereocenters. The van der Waals surface area contributed by atoms with Gasteiger partial charge in [-0.15, -0.1) is 0 Å². The van der Waals surface area contributed by atoms with Gasteiger partial charge in [0.05, 0.1) is 7.11 Å². The highest BCUT2D eigenvalue weighted by atomic mass is 35.5. The standard InChI is InChI=1S/C10H11ClN4O4S/c1-19-10-13-8(15(12)9(11)14-10)6-4-2-3-5-7(6)20(16,17)18/h2-5,9H,12H2,1H3,(H,16,17,18). The van der Waals surface area contributed by atoms with Crippen LogP contribution in [-0.2, 0) is 14.9 Å². The Kier molecular flexibility index (Phi) is 3.95. The van der Waals surface area contributed by atoms with Gasteiger partial charge >= 0.3 is 6.02 Å². The summed E-state index contributed by atoms with van der Waals surface area (Å²) >= 11 is 5.89. The number of rotatable bonds is 2. The molecule has 1 aromatic rings. The van der Waals surface area contributed by atoms with E-state index in [4.69, 9.17) is 22.2 Å². The van der Waals surface area contributed by atoms with Gasteiger partial charge in [-0.3, -0.25) is 9.56 Å². The van der Waals surface area contributed by atoms with E-state index in [-0.39, 0.29) is 22.3 Å². The molecule has 20 heavy (non-hydrogen) atoms. The quantitative estimate of drug-likeness (QED) is 0.352. The van der Waals surface area contributed by atoms with Crippen LogP contribution >= 0.6 is 11.6 Å². The Labute approximate surface area is 120 Å². The summed E-state index contributed by atoms with van der Waals surface area (Å²) in [5, 5.41) is 0.966. The fraction of sp³-hybridized carbons (Fsp3) is 0.200. The molecule has 1 heterocycles. The van der Waals surface area contributed by atoms with E-state index in [1.165, 1.54) is 25.3 Å². The Balaban J connectivity index is 2.62. The molecule has 8 nitrogen and oxygen atoms in total. The molecule has 108 valence electrons. The van der Waals surface area contributed by atoms with Gasteiger partial charge in [0.25, 0.3) is 10.1 Å². The van der Waals surface area contributed by atoms with Crippen LogP contribution in [0.4, 0.5) is 0 Å². The molecule has 0 aromatic heterocycles. The monoisotopic (exact) mass is 318 g/mol. The van der Waals surface area contributed by atoms with Crippen LogP contribution in [0.2, 0.25) is 0 Å². The molecular formula is C10H11ClN4O4S. The molecule has 3 N–H and O–H groups in total. The Morgan fingerprint density at radius 3 is 2.70 bits per heavy atom. The average molecular weight is 319 g/mol. The van der Waals surface area contributed by atoms with Gasteiger partial charge in [-0.2, -0.15) is 18.4 Å². The van der Waals surface area contributed by atoms with Crippen LogP contribution in [0, 0.1) is 0 Å². The minimum atomic E-state index is -4.43. The Morgan fingerprint density at radius 1 is 1.45 bits per heavy atom. The SMILES string of the molecule is COC1=NC(Cl)N(N)C(c2ccccc2S(=O)(=O)O)=N1. The zero-order chi connectivity index (χ0) is 14.9. The van der Waals surface area contributed by atoms with Gasteiger partial charge in [0.15, 0.2) is 5.84 Å². The van der Waals surface area contributed by atoms with Crippen molar-refractivity contribution in [3.8, 4) is 0 Å². The fourth-order valence-corrected chi connectivity index (χ4v) is 2.47. The van der Waals surface area contributed by atoms with Crippen LogP contribution in [0.1, 0.15) is 5.56 Å². The topological polar surface area (TPSA) is 118 Å². The second-order valence-corrected chi connectivity index (χ2v) is 5.52. The van der Waals surface area contributed by atoms with Crippen molar-refractivity contribution in [1.29, 1.82) is 0 Å². The number of halogens is 1. The van der Waals surface area contributed by atoms with E-state index in [2.05, 4.69) is 9.98 Å². The maximum Gasteiger partial charge on any atom is 0.316 e. The first kappa shape index (κ1) is 14.7. The van der Waals surface area contributed by atoms with Crippen molar-refractivity contribution in [2.45, 2.75) is 10.5 Å². The van der Waals surface area contributed by atoms with Crippen molar-refractivity contribution >= 4 is 33.6 Å². The molecule has 0 saturated carbocycles. The number of methoxy groups -OCH3 is 1. The summed E-state index contributed by atoms with van der Waals surface area (Å²) in [6.07, 6.45) is 0. The minimum absolute atomic E-state index is 0.0186. The van der Waals surface area contributed by atoms with Crippen molar-refractivity contribution < 1.29 is 17.7 Å². The summed E-state index contributed by atoms with van der Waals surface area (Å²) in [5.41, 5.74) is -0.917. The highest BCUT2D eigenvalue weighted by Crippen LogP contribution is 2.21. The maximum absolute atomic E-state index is 11.4. The van der Waals surface area contributed by atoms with Gasteiger partial charge in [-0.05, 0) is 12.1 Å². The number of ether oxygens (including phenoxy) is 1. The third-order valence-corrected chi connectivity index (χ3v) is 3.70. The van der Waals surface area contributed by atoms with E-state index < -0.39 is 15.7 Å². The third-order valence-electron chi connectivity index (χ3n) is 2.48. The van der Waals surface area contributed by atoms with Gasteiger partial charge in [-0.25, -0.2) is 5.84 Å². The van der Waals surface area contributed by atoms with Crippen LogP contribution < -0.4 is 5.84 Å². The van der Waals surface area contributed by atoms with E-state index in [9.17, 15) is 13.0 Å². The number of amidine groups is 2. The normalized spacial score (nSPS) is 19.4. The van der Waals surface area contributed by atoms with E-state index in [1.54, 1.807) is 6.07 Å². The van der Waals surface area contributed by atoms with Crippen molar-refractivity contribution in [3.63, 3.8) is 0 Å². The van der Waals surface area contributed by atoms with Crippen LogP contribution in [0.5, 0.6) is 0 Å². The molecule has 0 saturated heterocycles. The molecule has 0 bridgehead atoms.